The number of aryl methyl sites for hydroxylation is 1. The van der Waals surface area contributed by atoms with Crippen molar-refractivity contribution >= 4 is 31.9 Å². The SMILES string of the molecule is Cc1ccccc1C(NC(=O)C1CCN(S(=O)(=O)Cc2cccc(Br)c2)CC1)c1ccccc1. The summed E-state index contributed by atoms with van der Waals surface area (Å²) >= 11 is 3.39. The predicted molar refractivity (Wildman–Crippen MR) is 139 cm³/mol. The Labute approximate surface area is 210 Å². The summed E-state index contributed by atoms with van der Waals surface area (Å²) in [6.07, 6.45) is 1.03. The third-order valence-corrected chi connectivity index (χ3v) is 8.72. The zero-order valence-corrected chi connectivity index (χ0v) is 21.6. The number of piperidine rings is 1. The topological polar surface area (TPSA) is 66.5 Å². The molecule has 3 aromatic carbocycles. The smallest absolute Gasteiger partial charge is 0.223 e. The maximum Gasteiger partial charge on any atom is 0.223 e. The van der Waals surface area contributed by atoms with E-state index >= 15 is 0 Å². The first kappa shape index (κ1) is 24.6. The molecule has 4 rings (SSSR count). The van der Waals surface area contributed by atoms with E-state index in [-0.39, 0.29) is 23.6 Å². The van der Waals surface area contributed by atoms with Crippen molar-refractivity contribution in [2.45, 2.75) is 31.6 Å². The maximum atomic E-state index is 13.3. The third-order valence-electron chi connectivity index (χ3n) is 6.38. The summed E-state index contributed by atoms with van der Waals surface area (Å²) in [5, 5.41) is 3.25. The minimum atomic E-state index is -3.44. The van der Waals surface area contributed by atoms with Gasteiger partial charge in [-0.1, -0.05) is 82.7 Å². The van der Waals surface area contributed by atoms with Crippen molar-refractivity contribution in [2.24, 2.45) is 5.92 Å². The number of carbonyl (C=O) groups is 1. The lowest BCUT2D eigenvalue weighted by atomic mass is 9.92. The van der Waals surface area contributed by atoms with E-state index in [4.69, 9.17) is 0 Å². The van der Waals surface area contributed by atoms with E-state index in [1.54, 1.807) is 0 Å². The van der Waals surface area contributed by atoms with Crippen LogP contribution < -0.4 is 5.32 Å². The van der Waals surface area contributed by atoms with Gasteiger partial charge in [0, 0.05) is 23.5 Å². The van der Waals surface area contributed by atoms with Gasteiger partial charge < -0.3 is 5.32 Å². The molecule has 0 radical (unpaired) electrons. The van der Waals surface area contributed by atoms with Crippen LogP contribution in [0.4, 0.5) is 0 Å². The van der Waals surface area contributed by atoms with E-state index in [1.165, 1.54) is 4.31 Å². The monoisotopic (exact) mass is 540 g/mol. The average Bonchev–Trinajstić information content (AvgIpc) is 2.83. The van der Waals surface area contributed by atoms with Gasteiger partial charge in [-0.05, 0) is 54.2 Å². The Bertz CT molecular complexity index is 1240. The molecule has 0 spiro atoms. The lowest BCUT2D eigenvalue weighted by Crippen LogP contribution is -2.44. The summed E-state index contributed by atoms with van der Waals surface area (Å²) in [6.45, 7) is 2.76. The molecule has 7 heteroatoms. The fourth-order valence-electron chi connectivity index (χ4n) is 4.48. The Hall–Kier alpha value is -2.48. The van der Waals surface area contributed by atoms with Crippen LogP contribution in [0.25, 0.3) is 0 Å². The first-order chi connectivity index (χ1) is 16.3. The molecule has 1 aliphatic heterocycles. The summed E-state index contributed by atoms with van der Waals surface area (Å²) in [5.41, 5.74) is 3.96. The number of halogens is 1. The Morgan fingerprint density at radius 3 is 2.35 bits per heavy atom. The van der Waals surface area contributed by atoms with E-state index in [0.29, 0.717) is 25.9 Å². The van der Waals surface area contributed by atoms with Gasteiger partial charge in [-0.25, -0.2) is 12.7 Å². The number of nitrogens with one attached hydrogen (secondary N) is 1. The van der Waals surface area contributed by atoms with Crippen LogP contribution in [0.5, 0.6) is 0 Å². The second kappa shape index (κ2) is 10.8. The lowest BCUT2D eigenvalue weighted by Gasteiger charge is -2.32. The van der Waals surface area contributed by atoms with Crippen LogP contribution in [0.1, 0.15) is 41.1 Å². The molecule has 1 N–H and O–H groups in total. The number of amides is 1. The van der Waals surface area contributed by atoms with Gasteiger partial charge in [0.25, 0.3) is 0 Å². The predicted octanol–water partition coefficient (Wildman–Crippen LogP) is 5.21. The van der Waals surface area contributed by atoms with Crippen molar-refractivity contribution in [2.75, 3.05) is 13.1 Å². The first-order valence-electron chi connectivity index (χ1n) is 11.5. The van der Waals surface area contributed by atoms with Gasteiger partial charge in [-0.2, -0.15) is 0 Å². The Kier molecular flexibility index (Phi) is 7.86. The molecule has 1 atom stereocenters. The molecule has 1 heterocycles. The van der Waals surface area contributed by atoms with Crippen molar-refractivity contribution in [3.8, 4) is 0 Å². The molecule has 1 unspecified atom stereocenters. The fraction of sp³-hybridized carbons (Fsp3) is 0.296. The third kappa shape index (κ3) is 5.95. The second-order valence-corrected chi connectivity index (χ2v) is 11.7. The number of nitrogens with zero attached hydrogens (tertiary/aromatic N) is 1. The molecular formula is C27H29BrN2O3S. The molecule has 1 aliphatic rings. The summed E-state index contributed by atoms with van der Waals surface area (Å²) < 4.78 is 28.3. The Balaban J connectivity index is 1.42. The van der Waals surface area contributed by atoms with Crippen LogP contribution in [0, 0.1) is 12.8 Å². The van der Waals surface area contributed by atoms with Gasteiger partial charge >= 0.3 is 0 Å². The molecule has 0 aromatic heterocycles. The van der Waals surface area contributed by atoms with Gasteiger partial charge in [0.1, 0.15) is 0 Å². The van der Waals surface area contributed by atoms with Crippen LogP contribution in [-0.4, -0.2) is 31.7 Å². The summed E-state index contributed by atoms with van der Waals surface area (Å²) in [4.78, 5) is 13.3. The van der Waals surface area contributed by atoms with E-state index in [2.05, 4.69) is 21.2 Å². The van der Waals surface area contributed by atoms with Crippen LogP contribution in [0.15, 0.2) is 83.3 Å². The lowest BCUT2D eigenvalue weighted by molar-refractivity contribution is -0.126. The number of sulfonamides is 1. The Morgan fingerprint density at radius 2 is 1.68 bits per heavy atom. The van der Waals surface area contributed by atoms with Gasteiger partial charge in [-0.3, -0.25) is 4.79 Å². The van der Waals surface area contributed by atoms with Gasteiger partial charge in [0.15, 0.2) is 0 Å². The van der Waals surface area contributed by atoms with Crippen LogP contribution >= 0.6 is 15.9 Å². The van der Waals surface area contributed by atoms with Gasteiger partial charge in [0.05, 0.1) is 11.8 Å². The van der Waals surface area contributed by atoms with E-state index in [1.807, 2.05) is 85.8 Å². The molecule has 1 saturated heterocycles. The highest BCUT2D eigenvalue weighted by molar-refractivity contribution is 9.10. The summed E-state index contributed by atoms with van der Waals surface area (Å²) in [5.74, 6) is -0.277. The summed E-state index contributed by atoms with van der Waals surface area (Å²) in [6, 6.07) is 25.1. The average molecular weight is 542 g/mol. The van der Waals surface area contributed by atoms with E-state index in [0.717, 1.165) is 26.7 Å². The van der Waals surface area contributed by atoms with Crippen LogP contribution in [-0.2, 0) is 20.6 Å². The van der Waals surface area contributed by atoms with Crippen LogP contribution in [0.3, 0.4) is 0 Å². The zero-order chi connectivity index (χ0) is 24.1. The normalized spacial score (nSPS) is 16.2. The molecular weight excluding hydrogens is 512 g/mol. The molecule has 0 aliphatic carbocycles. The molecule has 178 valence electrons. The van der Waals surface area contributed by atoms with Crippen molar-refractivity contribution in [1.82, 2.24) is 9.62 Å². The highest BCUT2D eigenvalue weighted by Gasteiger charge is 2.32. The number of carbonyl (C=O) groups excluding carboxylic acids is 1. The molecule has 1 fully saturated rings. The molecule has 0 saturated carbocycles. The molecule has 0 bridgehead atoms. The first-order valence-corrected chi connectivity index (χ1v) is 13.9. The zero-order valence-electron chi connectivity index (χ0n) is 19.2. The minimum Gasteiger partial charge on any atom is -0.345 e. The molecule has 5 nitrogen and oxygen atoms in total. The number of hydrogen-bond donors (Lipinski definition) is 1. The Morgan fingerprint density at radius 1 is 1.00 bits per heavy atom. The van der Waals surface area contributed by atoms with Crippen molar-refractivity contribution in [3.63, 3.8) is 0 Å². The van der Waals surface area contributed by atoms with Gasteiger partial charge in [-0.15, -0.1) is 0 Å². The van der Waals surface area contributed by atoms with Gasteiger partial charge in [0.2, 0.25) is 15.9 Å². The van der Waals surface area contributed by atoms with Crippen LogP contribution in [0.2, 0.25) is 0 Å². The molecule has 1 amide bonds. The van der Waals surface area contributed by atoms with E-state index < -0.39 is 10.0 Å². The second-order valence-electron chi connectivity index (χ2n) is 8.77. The maximum absolute atomic E-state index is 13.3. The quantitative estimate of drug-likeness (QED) is 0.447. The van der Waals surface area contributed by atoms with Crippen molar-refractivity contribution < 1.29 is 13.2 Å². The number of rotatable bonds is 7. The fourth-order valence-corrected chi connectivity index (χ4v) is 6.48. The van der Waals surface area contributed by atoms with Crippen molar-refractivity contribution in [3.05, 3.63) is 106 Å². The van der Waals surface area contributed by atoms with Crippen molar-refractivity contribution in [1.29, 1.82) is 0 Å². The standard InChI is InChI=1S/C27H29BrN2O3S/c1-20-8-5-6-13-25(20)26(22-10-3-2-4-11-22)29-27(31)23-14-16-30(17-15-23)34(32,33)19-21-9-7-12-24(28)18-21/h2-13,18,23,26H,14-17,19H2,1H3,(H,29,31). The number of benzene rings is 3. The largest absolute Gasteiger partial charge is 0.345 e. The highest BCUT2D eigenvalue weighted by Crippen LogP contribution is 2.28. The van der Waals surface area contributed by atoms with E-state index in [9.17, 15) is 13.2 Å². The summed E-state index contributed by atoms with van der Waals surface area (Å²) in [7, 11) is -3.44. The molecule has 3 aromatic rings. The number of hydrogen-bond acceptors (Lipinski definition) is 3. The minimum absolute atomic E-state index is 0.0267. The molecule has 34 heavy (non-hydrogen) atoms. The highest BCUT2D eigenvalue weighted by atomic mass is 79.9.